The third kappa shape index (κ3) is 10.6. The van der Waals surface area contributed by atoms with Gasteiger partial charge in [0.1, 0.15) is 0 Å². The van der Waals surface area contributed by atoms with E-state index in [2.05, 4.69) is 13.2 Å². The highest BCUT2D eigenvalue weighted by atomic mass is 16.2. The summed E-state index contributed by atoms with van der Waals surface area (Å²) >= 11 is 0. The average Bonchev–Trinajstić information content (AvgIpc) is 2.26. The van der Waals surface area contributed by atoms with Gasteiger partial charge in [0.05, 0.1) is 0 Å². The van der Waals surface area contributed by atoms with E-state index in [1.165, 1.54) is 0 Å². The Bertz CT molecular complexity index is 155. The molecule has 0 aromatic heterocycles. The van der Waals surface area contributed by atoms with Crippen LogP contribution in [0, 0.1) is 0 Å². The van der Waals surface area contributed by atoms with E-state index < -0.39 is 0 Å². The second kappa shape index (κ2) is 11.6. The molecule has 0 spiro atoms. The molecular formula is C8H18N4O2. The van der Waals surface area contributed by atoms with Crippen LogP contribution in [0.2, 0.25) is 0 Å². The molecule has 82 valence electrons. The van der Waals surface area contributed by atoms with Crippen LogP contribution in [0.3, 0.4) is 0 Å². The molecule has 0 aliphatic rings. The topological polar surface area (TPSA) is 110 Å². The molecule has 0 aliphatic heterocycles. The van der Waals surface area contributed by atoms with E-state index in [9.17, 15) is 9.59 Å². The summed E-state index contributed by atoms with van der Waals surface area (Å²) in [6.45, 7) is 6.00. The number of nitrogens with one attached hydrogen (secondary N) is 2. The van der Waals surface area contributed by atoms with Crippen LogP contribution < -0.4 is 22.5 Å². The fourth-order valence-electron chi connectivity index (χ4n) is 0.715. The number of hydrazine groups is 2. The molecular weight excluding hydrogens is 184 g/mol. The number of hydrogen-bond donors (Lipinski definition) is 4. The van der Waals surface area contributed by atoms with Crippen molar-refractivity contribution in [2.45, 2.75) is 25.7 Å². The van der Waals surface area contributed by atoms with Crippen molar-refractivity contribution in [3.05, 3.63) is 13.2 Å². The summed E-state index contributed by atoms with van der Waals surface area (Å²) in [5.41, 5.74) is 4.01. The predicted octanol–water partition coefficient (Wildman–Crippen LogP) is -0.671. The fourth-order valence-corrected chi connectivity index (χ4v) is 0.715. The number of nitrogens with two attached hydrogens (primary N) is 2. The SMILES string of the molecule is C=C.NNC(=O)CCCCC(=O)NN. The van der Waals surface area contributed by atoms with E-state index in [4.69, 9.17) is 11.7 Å². The molecule has 0 aliphatic carbocycles. The van der Waals surface area contributed by atoms with Crippen LogP contribution in [-0.2, 0) is 9.59 Å². The fraction of sp³-hybridized carbons (Fsp3) is 0.500. The Hall–Kier alpha value is -1.40. The minimum absolute atomic E-state index is 0.219. The predicted molar refractivity (Wildman–Crippen MR) is 54.4 cm³/mol. The van der Waals surface area contributed by atoms with Crippen LogP contribution in [0.4, 0.5) is 0 Å². The van der Waals surface area contributed by atoms with E-state index >= 15 is 0 Å². The molecule has 6 heteroatoms. The van der Waals surface area contributed by atoms with Gasteiger partial charge >= 0.3 is 0 Å². The normalized spacial score (nSPS) is 8.14. The van der Waals surface area contributed by atoms with Gasteiger partial charge in [-0.2, -0.15) is 0 Å². The smallest absolute Gasteiger partial charge is 0.233 e. The maximum absolute atomic E-state index is 10.6. The van der Waals surface area contributed by atoms with Crippen LogP contribution >= 0.6 is 0 Å². The van der Waals surface area contributed by atoms with Crippen molar-refractivity contribution in [3.63, 3.8) is 0 Å². The van der Waals surface area contributed by atoms with Gasteiger partial charge in [-0.25, -0.2) is 11.7 Å². The molecule has 0 fully saturated rings. The van der Waals surface area contributed by atoms with Crippen molar-refractivity contribution in [1.29, 1.82) is 0 Å². The molecule has 0 bridgehead atoms. The largest absolute Gasteiger partial charge is 0.294 e. The zero-order valence-corrected chi connectivity index (χ0v) is 8.21. The standard InChI is InChI=1S/C6H14N4O2.C2H4/c7-9-5(11)3-1-2-4-6(12)10-8;1-2/h1-4,7-8H2,(H,9,11)(H,10,12);1-2H2. The number of carbonyl (C=O) groups is 2. The lowest BCUT2D eigenvalue weighted by Gasteiger charge is -1.99. The van der Waals surface area contributed by atoms with Gasteiger partial charge in [-0.15, -0.1) is 13.2 Å². The Balaban J connectivity index is 0. The van der Waals surface area contributed by atoms with Gasteiger partial charge in [0.2, 0.25) is 11.8 Å². The molecule has 0 heterocycles. The lowest BCUT2D eigenvalue weighted by Crippen LogP contribution is -2.30. The van der Waals surface area contributed by atoms with Gasteiger partial charge in [0, 0.05) is 12.8 Å². The second-order valence-electron chi connectivity index (χ2n) is 2.34. The van der Waals surface area contributed by atoms with Gasteiger partial charge in [-0.1, -0.05) is 0 Å². The molecule has 6 N–H and O–H groups in total. The van der Waals surface area contributed by atoms with E-state index in [1.54, 1.807) is 0 Å². The maximum Gasteiger partial charge on any atom is 0.233 e. The van der Waals surface area contributed by atoms with Crippen molar-refractivity contribution < 1.29 is 9.59 Å². The van der Waals surface area contributed by atoms with Crippen LogP contribution in [0.25, 0.3) is 0 Å². The van der Waals surface area contributed by atoms with Gasteiger partial charge < -0.3 is 0 Å². The molecule has 0 unspecified atom stereocenters. The third-order valence-corrected chi connectivity index (χ3v) is 1.38. The van der Waals surface area contributed by atoms with Crippen molar-refractivity contribution >= 4 is 11.8 Å². The monoisotopic (exact) mass is 202 g/mol. The lowest BCUT2D eigenvalue weighted by atomic mass is 10.2. The molecule has 0 atom stereocenters. The molecule has 6 nitrogen and oxygen atoms in total. The van der Waals surface area contributed by atoms with Gasteiger partial charge in [-0.3, -0.25) is 20.4 Å². The van der Waals surface area contributed by atoms with Gasteiger partial charge in [-0.05, 0) is 12.8 Å². The van der Waals surface area contributed by atoms with Gasteiger partial charge in [0.15, 0.2) is 0 Å². The first-order valence-electron chi connectivity index (χ1n) is 4.19. The first kappa shape index (κ1) is 15.1. The number of amides is 2. The molecule has 14 heavy (non-hydrogen) atoms. The minimum atomic E-state index is -0.219. The first-order chi connectivity index (χ1) is 6.70. The highest BCUT2D eigenvalue weighted by Crippen LogP contribution is 1.98. The van der Waals surface area contributed by atoms with Crippen molar-refractivity contribution in [3.8, 4) is 0 Å². The Morgan fingerprint density at radius 3 is 1.43 bits per heavy atom. The summed E-state index contributed by atoms with van der Waals surface area (Å²) in [7, 11) is 0. The van der Waals surface area contributed by atoms with E-state index in [1.807, 2.05) is 10.9 Å². The number of carbonyl (C=O) groups excluding carboxylic acids is 2. The quantitative estimate of drug-likeness (QED) is 0.156. The summed E-state index contributed by atoms with van der Waals surface area (Å²) in [6.07, 6.45) is 1.95. The maximum atomic E-state index is 10.6. The molecule has 0 saturated carbocycles. The van der Waals surface area contributed by atoms with Crippen molar-refractivity contribution in [2.75, 3.05) is 0 Å². The van der Waals surface area contributed by atoms with E-state index in [0.717, 1.165) is 0 Å². The Kier molecular flexibility index (Phi) is 12.5. The third-order valence-electron chi connectivity index (χ3n) is 1.38. The number of hydrogen-bond acceptors (Lipinski definition) is 4. The van der Waals surface area contributed by atoms with Crippen LogP contribution in [0.5, 0.6) is 0 Å². The van der Waals surface area contributed by atoms with Crippen LogP contribution in [0.1, 0.15) is 25.7 Å². The summed E-state index contributed by atoms with van der Waals surface area (Å²) in [5, 5.41) is 0. The summed E-state index contributed by atoms with van der Waals surface area (Å²) in [4.78, 5) is 21.1. The molecule has 0 radical (unpaired) electrons. The van der Waals surface area contributed by atoms with Gasteiger partial charge in [0.25, 0.3) is 0 Å². The molecule has 0 aromatic carbocycles. The Labute approximate surface area is 83.7 Å². The van der Waals surface area contributed by atoms with Crippen molar-refractivity contribution in [2.24, 2.45) is 11.7 Å². The zero-order chi connectivity index (χ0) is 11.4. The van der Waals surface area contributed by atoms with Crippen molar-refractivity contribution in [1.82, 2.24) is 10.9 Å². The van der Waals surface area contributed by atoms with E-state index in [-0.39, 0.29) is 11.8 Å². The Morgan fingerprint density at radius 1 is 0.929 bits per heavy atom. The minimum Gasteiger partial charge on any atom is -0.294 e. The summed E-state index contributed by atoms with van der Waals surface area (Å²) in [5.74, 6) is 9.24. The van der Waals surface area contributed by atoms with E-state index in [0.29, 0.717) is 25.7 Å². The second-order valence-corrected chi connectivity index (χ2v) is 2.34. The molecule has 0 rings (SSSR count). The molecule has 2 amide bonds. The zero-order valence-electron chi connectivity index (χ0n) is 8.21. The highest BCUT2D eigenvalue weighted by Gasteiger charge is 2.00. The summed E-state index contributed by atoms with van der Waals surface area (Å²) in [6, 6.07) is 0. The summed E-state index contributed by atoms with van der Waals surface area (Å²) < 4.78 is 0. The first-order valence-corrected chi connectivity index (χ1v) is 4.19. The number of unbranched alkanes of at least 4 members (excludes halogenated alkanes) is 1. The van der Waals surface area contributed by atoms with Crippen LogP contribution in [0.15, 0.2) is 13.2 Å². The van der Waals surface area contributed by atoms with Crippen LogP contribution in [-0.4, -0.2) is 11.8 Å². The lowest BCUT2D eigenvalue weighted by molar-refractivity contribution is -0.123. The Morgan fingerprint density at radius 2 is 1.21 bits per heavy atom. The number of rotatable bonds is 5. The molecule has 0 saturated heterocycles. The molecule has 0 aromatic rings. The average molecular weight is 202 g/mol. The highest BCUT2D eigenvalue weighted by molar-refractivity contribution is 5.76.